The Bertz CT molecular complexity index is 869. The van der Waals surface area contributed by atoms with E-state index in [-0.39, 0.29) is 16.7 Å². The quantitative estimate of drug-likeness (QED) is 0.746. The third-order valence-electron chi connectivity index (χ3n) is 10.5. The molecule has 1 heterocycles. The molecule has 4 fully saturated rings. The van der Waals surface area contributed by atoms with Gasteiger partial charge in [-0.2, -0.15) is 0 Å². The number of ketones is 1. The lowest BCUT2D eigenvalue weighted by Gasteiger charge is -2.62. The largest absolute Gasteiger partial charge is 0.390 e. The van der Waals surface area contributed by atoms with Crippen molar-refractivity contribution in [3.8, 4) is 0 Å². The predicted octanol–water partition coefficient (Wildman–Crippen LogP) is 3.59. The summed E-state index contributed by atoms with van der Waals surface area (Å²) < 4.78 is 7.52. The molecule has 5 rings (SSSR count). The number of carbonyl (C=O) groups is 1. The van der Waals surface area contributed by atoms with E-state index >= 15 is 0 Å². The van der Waals surface area contributed by atoms with Crippen LogP contribution in [-0.4, -0.2) is 50.4 Å². The van der Waals surface area contributed by atoms with Crippen LogP contribution in [0.5, 0.6) is 0 Å². The molecule has 0 spiro atoms. The summed E-state index contributed by atoms with van der Waals surface area (Å²) in [5.74, 6) is 3.62. The lowest BCUT2D eigenvalue weighted by Crippen LogP contribution is -2.58. The van der Waals surface area contributed by atoms with Gasteiger partial charge in [-0.3, -0.25) is 4.79 Å². The van der Waals surface area contributed by atoms with Gasteiger partial charge in [-0.1, -0.05) is 6.92 Å². The van der Waals surface area contributed by atoms with Crippen LogP contribution in [0, 0.1) is 47.3 Å². The first-order valence-corrected chi connectivity index (χ1v) is 12.7. The smallest absolute Gasteiger partial charge is 0.158 e. The van der Waals surface area contributed by atoms with E-state index in [1.54, 1.807) is 4.68 Å². The second-order valence-electron chi connectivity index (χ2n) is 12.0. The van der Waals surface area contributed by atoms with Gasteiger partial charge in [0.1, 0.15) is 12.4 Å². The number of carbonyl (C=O) groups excluding carboxylic acids is 1. The van der Waals surface area contributed by atoms with Crippen molar-refractivity contribution in [1.29, 1.82) is 0 Å². The fraction of sp³-hybridized carbons (Fsp3) is 0.920. The zero-order chi connectivity index (χ0) is 22.7. The molecule has 4 aliphatic rings. The molecule has 1 aromatic heterocycles. The minimum absolute atomic E-state index is 0.0847. The number of aryl methyl sites for hydroxylation is 1. The summed E-state index contributed by atoms with van der Waals surface area (Å²) in [5.41, 5.74) is -0.245. The van der Waals surface area contributed by atoms with Crippen molar-refractivity contribution in [2.24, 2.45) is 40.4 Å². The van der Waals surface area contributed by atoms with E-state index in [0.29, 0.717) is 41.8 Å². The van der Waals surface area contributed by atoms with Gasteiger partial charge in [0.25, 0.3) is 0 Å². The van der Waals surface area contributed by atoms with Crippen molar-refractivity contribution in [1.82, 2.24) is 20.2 Å². The molecule has 0 aliphatic heterocycles. The van der Waals surface area contributed by atoms with Crippen LogP contribution in [-0.2, 0) is 16.1 Å². The number of rotatable bonds is 5. The number of hydrogen-bond donors (Lipinski definition) is 1. The second kappa shape index (κ2) is 7.86. The van der Waals surface area contributed by atoms with Gasteiger partial charge in [0.15, 0.2) is 5.78 Å². The fourth-order valence-electron chi connectivity index (χ4n) is 8.97. The lowest BCUT2D eigenvalue weighted by molar-refractivity contribution is -0.175. The van der Waals surface area contributed by atoms with E-state index in [2.05, 4.69) is 22.4 Å². The monoisotopic (exact) mass is 444 g/mol. The highest BCUT2D eigenvalue weighted by Crippen LogP contribution is 2.68. The van der Waals surface area contributed by atoms with Crippen molar-refractivity contribution >= 4 is 5.78 Å². The maximum Gasteiger partial charge on any atom is 0.158 e. The molecule has 4 saturated carbocycles. The molecule has 0 saturated heterocycles. The molecule has 7 heteroatoms. The Morgan fingerprint density at radius 2 is 1.94 bits per heavy atom. The SMILES string of the molecule is COC[C@]12CC[C@@](C)(O)C[C@H]1CC[C@@H]1C2CC[C@@]2(C)C1CC[C@@H]2C(=O)Cn1nnnc1C. The number of aromatic nitrogens is 4. The molecule has 32 heavy (non-hydrogen) atoms. The van der Waals surface area contributed by atoms with Crippen LogP contribution in [0.25, 0.3) is 0 Å². The Kier molecular flexibility index (Phi) is 5.52. The van der Waals surface area contributed by atoms with Gasteiger partial charge in [0, 0.05) is 13.0 Å². The van der Waals surface area contributed by atoms with Crippen molar-refractivity contribution in [2.45, 2.75) is 90.7 Å². The van der Waals surface area contributed by atoms with E-state index in [1.165, 1.54) is 19.3 Å². The number of ether oxygens (including phenoxy) is 1. The highest BCUT2D eigenvalue weighted by molar-refractivity contribution is 5.82. The van der Waals surface area contributed by atoms with Gasteiger partial charge in [0.2, 0.25) is 0 Å². The molecule has 1 aromatic rings. The molecule has 7 nitrogen and oxygen atoms in total. The van der Waals surface area contributed by atoms with E-state index < -0.39 is 5.60 Å². The first-order chi connectivity index (χ1) is 15.2. The number of methoxy groups -OCH3 is 1. The Labute approximate surface area is 191 Å². The molecule has 1 N–H and O–H groups in total. The summed E-state index contributed by atoms with van der Waals surface area (Å²) in [6.45, 7) is 7.39. The maximum atomic E-state index is 13.4. The van der Waals surface area contributed by atoms with E-state index in [4.69, 9.17) is 4.74 Å². The van der Waals surface area contributed by atoms with Crippen LogP contribution in [0.4, 0.5) is 0 Å². The van der Waals surface area contributed by atoms with Crippen LogP contribution in [0.15, 0.2) is 0 Å². The van der Waals surface area contributed by atoms with Crippen molar-refractivity contribution < 1.29 is 14.6 Å². The number of nitrogens with zero attached hydrogens (tertiary/aromatic N) is 4. The van der Waals surface area contributed by atoms with Crippen LogP contribution >= 0.6 is 0 Å². The van der Waals surface area contributed by atoms with Crippen molar-refractivity contribution in [3.63, 3.8) is 0 Å². The van der Waals surface area contributed by atoms with Crippen LogP contribution < -0.4 is 0 Å². The zero-order valence-electron chi connectivity index (χ0n) is 20.2. The molecule has 2 unspecified atom stereocenters. The van der Waals surface area contributed by atoms with Crippen molar-refractivity contribution in [3.05, 3.63) is 5.82 Å². The topological polar surface area (TPSA) is 90.1 Å². The second-order valence-corrected chi connectivity index (χ2v) is 12.0. The Hall–Kier alpha value is -1.34. The number of fused-ring (bicyclic) bond motifs is 5. The molecule has 178 valence electrons. The summed E-state index contributed by atoms with van der Waals surface area (Å²) in [7, 11) is 1.85. The van der Waals surface area contributed by atoms with E-state index in [9.17, 15) is 9.90 Å². The number of aliphatic hydroxyl groups is 1. The van der Waals surface area contributed by atoms with Gasteiger partial charge in [0.05, 0.1) is 12.2 Å². The van der Waals surface area contributed by atoms with Gasteiger partial charge < -0.3 is 9.84 Å². The van der Waals surface area contributed by atoms with Gasteiger partial charge in [-0.15, -0.1) is 5.10 Å². The molecular weight excluding hydrogens is 404 g/mol. The minimum Gasteiger partial charge on any atom is -0.390 e. The van der Waals surface area contributed by atoms with Gasteiger partial charge in [-0.05, 0) is 117 Å². The summed E-state index contributed by atoms with van der Waals surface area (Å²) in [4.78, 5) is 13.4. The Morgan fingerprint density at radius 3 is 2.66 bits per heavy atom. The third-order valence-corrected chi connectivity index (χ3v) is 10.5. The fourth-order valence-corrected chi connectivity index (χ4v) is 8.97. The number of Topliss-reactive ketones (excluding diaryl/α,β-unsaturated/α-hetero) is 1. The highest BCUT2D eigenvalue weighted by atomic mass is 16.5. The molecular formula is C25H40N4O3. The van der Waals surface area contributed by atoms with Crippen molar-refractivity contribution in [2.75, 3.05) is 13.7 Å². The summed E-state index contributed by atoms with van der Waals surface area (Å²) in [6, 6.07) is 0. The van der Waals surface area contributed by atoms with Gasteiger partial charge >= 0.3 is 0 Å². The molecule has 0 radical (unpaired) electrons. The minimum atomic E-state index is -0.531. The first kappa shape index (κ1) is 22.5. The predicted molar refractivity (Wildman–Crippen MR) is 120 cm³/mol. The van der Waals surface area contributed by atoms with E-state index in [1.807, 2.05) is 21.0 Å². The van der Waals surface area contributed by atoms with Crippen LogP contribution in [0.3, 0.4) is 0 Å². The average molecular weight is 445 g/mol. The zero-order valence-corrected chi connectivity index (χ0v) is 20.2. The van der Waals surface area contributed by atoms with Crippen LogP contribution in [0.1, 0.15) is 77.5 Å². The first-order valence-electron chi connectivity index (χ1n) is 12.7. The molecule has 4 aliphatic carbocycles. The molecule has 0 amide bonds. The molecule has 8 atom stereocenters. The van der Waals surface area contributed by atoms with E-state index in [0.717, 1.165) is 45.1 Å². The Balaban J connectivity index is 1.38. The van der Waals surface area contributed by atoms with Gasteiger partial charge in [-0.25, -0.2) is 4.68 Å². The number of hydrogen-bond acceptors (Lipinski definition) is 6. The number of tetrazole rings is 1. The summed E-state index contributed by atoms with van der Waals surface area (Å²) in [5, 5.41) is 22.5. The maximum absolute atomic E-state index is 13.4. The molecule has 0 bridgehead atoms. The highest BCUT2D eigenvalue weighted by Gasteiger charge is 2.63. The normalized spacial score (nSPS) is 45.7. The Morgan fingerprint density at radius 1 is 1.12 bits per heavy atom. The third kappa shape index (κ3) is 3.37. The average Bonchev–Trinajstić information content (AvgIpc) is 3.30. The summed E-state index contributed by atoms with van der Waals surface area (Å²) in [6.07, 6.45) is 9.77. The molecule has 0 aromatic carbocycles. The standard InChI is InChI=1S/C25H40N4O3/c1-16-26-27-28-29(16)14-22(30)21-8-7-19-18-6-5-17-13-23(2,31)11-12-25(17,15-32-4)20(18)9-10-24(19,21)3/h17-21,31H,5-15H2,1-4H3/t17-,18+,19?,20?,21-,23-,24+,25-/m1/s1. The van der Waals surface area contributed by atoms with Crippen LogP contribution in [0.2, 0.25) is 0 Å². The summed E-state index contributed by atoms with van der Waals surface area (Å²) >= 11 is 0. The lowest BCUT2D eigenvalue weighted by atomic mass is 9.43.